The molecule has 0 bridgehead atoms. The second-order valence-electron chi connectivity index (χ2n) is 13.4. The van der Waals surface area contributed by atoms with Crippen LogP contribution < -0.4 is 0 Å². The van der Waals surface area contributed by atoms with Gasteiger partial charge < -0.3 is 13.3 Å². The lowest BCUT2D eigenvalue weighted by atomic mass is 9.85. The van der Waals surface area contributed by atoms with Gasteiger partial charge in [-0.3, -0.25) is 0 Å². The summed E-state index contributed by atoms with van der Waals surface area (Å²) in [4.78, 5) is 0. The normalized spacial score (nSPS) is 16.4. The van der Waals surface area contributed by atoms with Gasteiger partial charge in [0.05, 0.1) is 18.9 Å². The third-order valence-electron chi connectivity index (χ3n) is 8.77. The van der Waals surface area contributed by atoms with E-state index < -0.39 is 33.7 Å². The first-order valence-electron chi connectivity index (χ1n) is 13.1. The summed E-state index contributed by atoms with van der Waals surface area (Å²) in [6.07, 6.45) is 4.22. The molecular formula is C25H60O3Si4. The first-order chi connectivity index (χ1) is 14.0. The summed E-state index contributed by atoms with van der Waals surface area (Å²) >= 11 is 0. The van der Waals surface area contributed by atoms with E-state index in [0.717, 1.165) is 25.7 Å². The third kappa shape index (κ3) is 6.91. The largest absolute Gasteiger partial charge is 0.417 e. The van der Waals surface area contributed by atoms with E-state index in [1.165, 1.54) is 0 Å². The maximum atomic E-state index is 7.39. The van der Waals surface area contributed by atoms with Crippen LogP contribution in [0, 0.1) is 0 Å². The Labute approximate surface area is 207 Å². The first-order valence-corrected chi connectivity index (χ1v) is 25.1. The quantitative estimate of drug-likeness (QED) is 0.215. The molecular weight excluding hydrogens is 461 g/mol. The van der Waals surface area contributed by atoms with Gasteiger partial charge in [-0.25, -0.2) is 0 Å². The molecule has 1 unspecified atom stereocenters. The average Bonchev–Trinajstić information content (AvgIpc) is 2.57. The molecule has 0 heterocycles. The van der Waals surface area contributed by atoms with Crippen molar-refractivity contribution in [1.29, 1.82) is 0 Å². The maximum Gasteiger partial charge on any atom is 0.217 e. The van der Waals surface area contributed by atoms with E-state index in [-0.39, 0.29) is 21.1 Å². The van der Waals surface area contributed by atoms with E-state index in [0.29, 0.717) is 0 Å². The van der Waals surface area contributed by atoms with Gasteiger partial charge in [-0.1, -0.05) is 47.3 Å². The van der Waals surface area contributed by atoms with Crippen molar-refractivity contribution in [1.82, 2.24) is 0 Å². The zero-order valence-corrected chi connectivity index (χ0v) is 29.3. The second kappa shape index (κ2) is 10.8. The zero-order valence-electron chi connectivity index (χ0n) is 25.1. The van der Waals surface area contributed by atoms with Gasteiger partial charge in [0.2, 0.25) is 8.32 Å². The summed E-state index contributed by atoms with van der Waals surface area (Å²) in [5, 5.41) is -0.111. The average molecular weight is 521 g/mol. The second-order valence-corrected chi connectivity index (χ2v) is 30.3. The molecule has 0 radical (unpaired) electrons. The SMILES string of the molecule is CCC(CC)([SiH](C)OC(C)(C)[Si](C)(C)C)C(C)(C)O[Si](C)(C)C(CC)(CC)O[Si](C)(C)C. The highest BCUT2D eigenvalue weighted by Gasteiger charge is 2.57. The standard InChI is InChI=1S/C25H60O3Si4/c1-18-24(19-2,29(9)26-23(7,8)30(10,11)12)22(5,6)27-32(16,17)25(20-3,21-4)28-31(13,14)15/h29H,18-21H2,1-17H3. The van der Waals surface area contributed by atoms with Gasteiger partial charge in [-0.05, 0) is 92.7 Å². The number of rotatable bonds is 14. The summed E-state index contributed by atoms with van der Waals surface area (Å²) in [6.45, 7) is 40.1. The van der Waals surface area contributed by atoms with Crippen LogP contribution in [0.4, 0.5) is 0 Å². The topological polar surface area (TPSA) is 27.7 Å². The Morgan fingerprint density at radius 3 is 1.34 bits per heavy atom. The van der Waals surface area contributed by atoms with Crippen LogP contribution in [0.1, 0.15) is 81.1 Å². The van der Waals surface area contributed by atoms with Crippen LogP contribution in [0.2, 0.25) is 64.0 Å². The minimum atomic E-state index is -2.22. The Kier molecular flexibility index (Phi) is 11.0. The van der Waals surface area contributed by atoms with Gasteiger partial charge in [0.1, 0.15) is 0 Å². The van der Waals surface area contributed by atoms with Crippen molar-refractivity contribution in [2.45, 2.75) is 161 Å². The lowest BCUT2D eigenvalue weighted by Gasteiger charge is -2.57. The fraction of sp³-hybridized carbons (Fsp3) is 1.00. The predicted octanol–water partition coefficient (Wildman–Crippen LogP) is 8.52. The van der Waals surface area contributed by atoms with Crippen LogP contribution >= 0.6 is 0 Å². The molecule has 0 aliphatic heterocycles. The minimum absolute atomic E-state index is 0.0329. The highest BCUT2D eigenvalue weighted by molar-refractivity contribution is 6.79. The molecule has 0 spiro atoms. The molecule has 194 valence electrons. The summed E-state index contributed by atoms with van der Waals surface area (Å²) in [5.74, 6) is 0. The van der Waals surface area contributed by atoms with E-state index in [1.807, 2.05) is 0 Å². The minimum Gasteiger partial charge on any atom is -0.417 e. The molecule has 0 saturated carbocycles. The molecule has 0 amide bonds. The molecule has 0 aromatic rings. The van der Waals surface area contributed by atoms with E-state index in [1.54, 1.807) is 0 Å². The third-order valence-corrected chi connectivity index (χ3v) is 22.0. The van der Waals surface area contributed by atoms with Gasteiger partial charge in [0, 0.05) is 10.3 Å². The molecule has 0 aliphatic carbocycles. The van der Waals surface area contributed by atoms with Crippen LogP contribution in [0.25, 0.3) is 0 Å². The Morgan fingerprint density at radius 1 is 0.656 bits per heavy atom. The fourth-order valence-electron chi connectivity index (χ4n) is 5.68. The van der Waals surface area contributed by atoms with Crippen molar-refractivity contribution in [3.05, 3.63) is 0 Å². The first kappa shape index (κ1) is 32.7. The monoisotopic (exact) mass is 520 g/mol. The lowest BCUT2D eigenvalue weighted by Crippen LogP contribution is -2.66. The van der Waals surface area contributed by atoms with Crippen LogP contribution in [0.5, 0.6) is 0 Å². The van der Waals surface area contributed by atoms with Crippen LogP contribution in [-0.4, -0.2) is 49.8 Å². The molecule has 0 aliphatic rings. The van der Waals surface area contributed by atoms with Crippen molar-refractivity contribution >= 4 is 33.7 Å². The Balaban J connectivity index is 6.32. The molecule has 0 saturated heterocycles. The Bertz CT molecular complexity index is 581. The molecule has 0 N–H and O–H groups in total. The molecule has 3 nitrogen and oxygen atoms in total. The molecule has 1 atom stereocenters. The molecule has 0 aromatic carbocycles. The van der Waals surface area contributed by atoms with E-state index >= 15 is 0 Å². The van der Waals surface area contributed by atoms with Gasteiger partial charge in [-0.2, -0.15) is 0 Å². The maximum absolute atomic E-state index is 7.39. The molecule has 7 heteroatoms. The summed E-state index contributed by atoms with van der Waals surface area (Å²) < 4.78 is 21.4. The molecule has 0 aromatic heterocycles. The van der Waals surface area contributed by atoms with Gasteiger partial charge in [-0.15, -0.1) is 0 Å². The van der Waals surface area contributed by atoms with Gasteiger partial charge in [0.25, 0.3) is 0 Å². The molecule has 0 fully saturated rings. The van der Waals surface area contributed by atoms with Crippen molar-refractivity contribution in [2.24, 2.45) is 0 Å². The van der Waals surface area contributed by atoms with E-state index in [9.17, 15) is 0 Å². The Hall–Kier alpha value is 0.748. The van der Waals surface area contributed by atoms with Gasteiger partial charge >= 0.3 is 0 Å². The van der Waals surface area contributed by atoms with Crippen molar-refractivity contribution in [3.63, 3.8) is 0 Å². The summed E-state index contributed by atoms with van der Waals surface area (Å²) in [6, 6.07) is 0. The highest BCUT2D eigenvalue weighted by atomic mass is 28.4. The van der Waals surface area contributed by atoms with E-state index in [4.69, 9.17) is 13.3 Å². The Morgan fingerprint density at radius 2 is 1.06 bits per heavy atom. The lowest BCUT2D eigenvalue weighted by molar-refractivity contribution is -0.00265. The predicted molar refractivity (Wildman–Crippen MR) is 155 cm³/mol. The summed E-state index contributed by atoms with van der Waals surface area (Å²) in [5.41, 5.74) is -0.258. The van der Waals surface area contributed by atoms with E-state index in [2.05, 4.69) is 114 Å². The van der Waals surface area contributed by atoms with Crippen molar-refractivity contribution in [2.75, 3.05) is 0 Å². The van der Waals surface area contributed by atoms with Crippen molar-refractivity contribution in [3.8, 4) is 0 Å². The highest BCUT2D eigenvalue weighted by Crippen LogP contribution is 2.54. The zero-order chi connectivity index (χ0) is 26.0. The van der Waals surface area contributed by atoms with Gasteiger partial charge in [0.15, 0.2) is 17.4 Å². The fourth-order valence-corrected chi connectivity index (χ4v) is 17.8. The summed E-state index contributed by atoms with van der Waals surface area (Å²) in [7, 11) is -7.01. The van der Waals surface area contributed by atoms with Crippen LogP contribution in [0.3, 0.4) is 0 Å². The molecule has 32 heavy (non-hydrogen) atoms. The molecule has 0 rings (SSSR count). The van der Waals surface area contributed by atoms with Crippen LogP contribution in [0.15, 0.2) is 0 Å². The number of hydrogen-bond donors (Lipinski definition) is 0. The number of hydrogen-bond acceptors (Lipinski definition) is 3. The van der Waals surface area contributed by atoms with Crippen molar-refractivity contribution < 1.29 is 13.3 Å². The smallest absolute Gasteiger partial charge is 0.217 e. The van der Waals surface area contributed by atoms with Crippen LogP contribution in [-0.2, 0) is 13.3 Å².